The average Bonchev–Trinajstić information content (AvgIpc) is 3.14. The Morgan fingerprint density at radius 2 is 1.91 bits per heavy atom. The zero-order valence-electron chi connectivity index (χ0n) is 20.3. The van der Waals surface area contributed by atoms with Gasteiger partial charge in [0.05, 0.1) is 0 Å². The lowest BCUT2D eigenvalue weighted by atomic mass is 9.89. The molecule has 8 nitrogen and oxygen atoms in total. The van der Waals surface area contributed by atoms with Gasteiger partial charge in [-0.05, 0) is 59.7 Å². The van der Waals surface area contributed by atoms with E-state index in [1.165, 1.54) is 7.05 Å². The molecule has 184 valence electrons. The predicted molar refractivity (Wildman–Crippen MR) is 133 cm³/mol. The Labute approximate surface area is 209 Å². The molecule has 0 aliphatic carbocycles. The van der Waals surface area contributed by atoms with Crippen LogP contribution in [-0.4, -0.2) is 46.6 Å². The molecule has 2 heterocycles. The van der Waals surface area contributed by atoms with Gasteiger partial charge in [0.1, 0.15) is 6.04 Å². The Morgan fingerprint density at radius 1 is 1.17 bits per heavy atom. The van der Waals surface area contributed by atoms with E-state index in [4.69, 9.17) is 11.6 Å². The van der Waals surface area contributed by atoms with E-state index in [2.05, 4.69) is 10.6 Å². The van der Waals surface area contributed by atoms with Crippen LogP contribution in [0.5, 0.6) is 0 Å². The van der Waals surface area contributed by atoms with Crippen molar-refractivity contribution in [2.24, 2.45) is 0 Å². The maximum atomic E-state index is 13.2. The molecule has 0 radical (unpaired) electrons. The zero-order chi connectivity index (χ0) is 25.4. The number of anilines is 1. The van der Waals surface area contributed by atoms with Crippen LogP contribution in [0.1, 0.15) is 65.2 Å². The SMILES string of the molecule is Cc1ccc(NC(=O)NCc2ccc3c(c2C(C)C)CN(C2CCC(=O)N(C)C2=O)C3=O)cc1Cl. The molecule has 2 aliphatic heterocycles. The number of hydrogen-bond donors (Lipinski definition) is 2. The van der Waals surface area contributed by atoms with Crippen molar-refractivity contribution >= 4 is 41.0 Å². The van der Waals surface area contributed by atoms with Crippen LogP contribution in [0.15, 0.2) is 30.3 Å². The molecule has 1 saturated heterocycles. The minimum atomic E-state index is -0.647. The smallest absolute Gasteiger partial charge is 0.319 e. The van der Waals surface area contributed by atoms with Gasteiger partial charge in [-0.25, -0.2) is 4.79 Å². The maximum Gasteiger partial charge on any atom is 0.319 e. The molecule has 1 unspecified atom stereocenters. The van der Waals surface area contributed by atoms with E-state index >= 15 is 0 Å². The van der Waals surface area contributed by atoms with Crippen LogP contribution in [0.2, 0.25) is 5.02 Å². The van der Waals surface area contributed by atoms with E-state index in [0.717, 1.165) is 27.2 Å². The lowest BCUT2D eigenvalue weighted by Crippen LogP contribution is -2.53. The number of urea groups is 1. The second-order valence-electron chi connectivity index (χ2n) is 9.37. The number of likely N-dealkylation sites (N-methyl/N-ethyl adjacent to an activating group) is 1. The predicted octanol–water partition coefficient (Wildman–Crippen LogP) is 4.20. The topological polar surface area (TPSA) is 98.8 Å². The highest BCUT2D eigenvalue weighted by atomic mass is 35.5. The van der Waals surface area contributed by atoms with Gasteiger partial charge in [-0.3, -0.25) is 19.3 Å². The maximum absolute atomic E-state index is 13.2. The standard InChI is InChI=1S/C26H29ClN4O4/c1-14(2)23-16(12-28-26(35)29-17-7-5-15(3)20(27)11-17)6-8-18-19(23)13-31(24(18)33)21-9-10-22(32)30(4)25(21)34/h5-8,11,14,21H,9-10,12-13H2,1-4H3,(H2,28,29,35). The number of imide groups is 1. The van der Waals surface area contributed by atoms with Crippen LogP contribution in [0, 0.1) is 6.92 Å². The van der Waals surface area contributed by atoms with Crippen molar-refractivity contribution in [2.45, 2.75) is 58.7 Å². The highest BCUT2D eigenvalue weighted by molar-refractivity contribution is 6.31. The molecular weight excluding hydrogens is 468 g/mol. The second-order valence-corrected chi connectivity index (χ2v) is 9.78. The monoisotopic (exact) mass is 496 g/mol. The number of hydrogen-bond acceptors (Lipinski definition) is 4. The minimum absolute atomic E-state index is 0.0970. The van der Waals surface area contributed by atoms with E-state index in [1.54, 1.807) is 23.1 Å². The normalized spacial score (nSPS) is 17.8. The minimum Gasteiger partial charge on any atom is -0.334 e. The first-order valence-corrected chi connectivity index (χ1v) is 12.0. The number of nitrogens with zero attached hydrogens (tertiary/aromatic N) is 2. The molecule has 5 amide bonds. The van der Waals surface area contributed by atoms with Gasteiger partial charge in [0.25, 0.3) is 11.8 Å². The average molecular weight is 497 g/mol. The van der Waals surface area contributed by atoms with Gasteiger partial charge in [0.2, 0.25) is 5.91 Å². The van der Waals surface area contributed by atoms with Crippen molar-refractivity contribution in [1.82, 2.24) is 15.1 Å². The molecule has 2 aromatic carbocycles. The fourth-order valence-electron chi connectivity index (χ4n) is 4.81. The van der Waals surface area contributed by atoms with Crippen LogP contribution < -0.4 is 10.6 Å². The Kier molecular flexibility index (Phi) is 6.85. The van der Waals surface area contributed by atoms with Crippen molar-refractivity contribution in [1.29, 1.82) is 0 Å². The molecular formula is C26H29ClN4O4. The van der Waals surface area contributed by atoms with Crippen LogP contribution in [0.4, 0.5) is 10.5 Å². The summed E-state index contributed by atoms with van der Waals surface area (Å²) in [5, 5.41) is 6.24. The fraction of sp³-hybridized carbons (Fsp3) is 0.385. The van der Waals surface area contributed by atoms with E-state index in [1.807, 2.05) is 32.9 Å². The lowest BCUT2D eigenvalue weighted by Gasteiger charge is -2.33. The summed E-state index contributed by atoms with van der Waals surface area (Å²) in [6.45, 7) is 6.56. The largest absolute Gasteiger partial charge is 0.334 e. The van der Waals surface area contributed by atoms with Gasteiger partial charge in [-0.2, -0.15) is 0 Å². The van der Waals surface area contributed by atoms with Gasteiger partial charge >= 0.3 is 6.03 Å². The highest BCUT2D eigenvalue weighted by Gasteiger charge is 2.42. The van der Waals surface area contributed by atoms with Crippen LogP contribution in [0.3, 0.4) is 0 Å². The number of benzene rings is 2. The number of carbonyl (C=O) groups is 4. The molecule has 1 atom stereocenters. The first-order chi connectivity index (χ1) is 16.6. The van der Waals surface area contributed by atoms with Crippen LogP contribution >= 0.6 is 11.6 Å². The Bertz CT molecular complexity index is 1230. The summed E-state index contributed by atoms with van der Waals surface area (Å²) in [4.78, 5) is 53.0. The third-order valence-electron chi connectivity index (χ3n) is 6.71. The van der Waals surface area contributed by atoms with E-state index in [9.17, 15) is 19.2 Å². The Hall–Kier alpha value is -3.39. The number of rotatable bonds is 5. The molecule has 1 fully saturated rings. The van der Waals surface area contributed by atoms with Crippen molar-refractivity contribution in [3.63, 3.8) is 0 Å². The Morgan fingerprint density at radius 3 is 2.60 bits per heavy atom. The van der Waals surface area contributed by atoms with Crippen molar-refractivity contribution in [2.75, 3.05) is 12.4 Å². The van der Waals surface area contributed by atoms with Crippen LogP contribution in [-0.2, 0) is 22.7 Å². The number of piperidine rings is 1. The number of amides is 5. The van der Waals surface area contributed by atoms with Crippen molar-refractivity contribution in [3.8, 4) is 0 Å². The summed E-state index contributed by atoms with van der Waals surface area (Å²) in [5.74, 6) is -0.669. The second kappa shape index (κ2) is 9.70. The molecule has 35 heavy (non-hydrogen) atoms. The van der Waals surface area contributed by atoms with Gasteiger partial charge in [-0.1, -0.05) is 37.6 Å². The quantitative estimate of drug-likeness (QED) is 0.606. The van der Waals surface area contributed by atoms with Gasteiger partial charge < -0.3 is 15.5 Å². The Balaban J connectivity index is 1.52. The summed E-state index contributed by atoms with van der Waals surface area (Å²) < 4.78 is 0. The van der Waals surface area contributed by atoms with Gasteiger partial charge in [0.15, 0.2) is 0 Å². The van der Waals surface area contributed by atoms with Crippen molar-refractivity contribution < 1.29 is 19.2 Å². The fourth-order valence-corrected chi connectivity index (χ4v) is 4.99. The number of likely N-dealkylation sites (tertiary alicyclic amines) is 1. The number of aryl methyl sites for hydroxylation is 1. The molecule has 4 rings (SSSR count). The summed E-state index contributed by atoms with van der Waals surface area (Å²) >= 11 is 6.14. The summed E-state index contributed by atoms with van der Waals surface area (Å²) in [6.07, 6.45) is 0.566. The first-order valence-electron chi connectivity index (χ1n) is 11.7. The number of fused-ring (bicyclic) bond motifs is 1. The summed E-state index contributed by atoms with van der Waals surface area (Å²) in [6, 6.07) is 7.93. The first kappa shape index (κ1) is 24.7. The lowest BCUT2D eigenvalue weighted by molar-refractivity contribution is -0.150. The van der Waals surface area contributed by atoms with E-state index in [0.29, 0.717) is 29.2 Å². The highest BCUT2D eigenvalue weighted by Crippen LogP contribution is 2.35. The third-order valence-corrected chi connectivity index (χ3v) is 7.12. The zero-order valence-corrected chi connectivity index (χ0v) is 21.0. The molecule has 2 aromatic rings. The molecule has 9 heteroatoms. The van der Waals surface area contributed by atoms with Crippen molar-refractivity contribution in [3.05, 3.63) is 63.2 Å². The summed E-state index contributed by atoms with van der Waals surface area (Å²) in [7, 11) is 1.46. The number of halogens is 1. The number of nitrogens with one attached hydrogen (secondary N) is 2. The van der Waals surface area contributed by atoms with E-state index in [-0.39, 0.29) is 42.6 Å². The molecule has 2 N–H and O–H groups in total. The van der Waals surface area contributed by atoms with Gasteiger partial charge in [0, 0.05) is 42.8 Å². The van der Waals surface area contributed by atoms with Crippen LogP contribution in [0.25, 0.3) is 0 Å². The third kappa shape index (κ3) is 4.75. The summed E-state index contributed by atoms with van der Waals surface area (Å²) in [5.41, 5.74) is 4.87. The molecule has 0 aromatic heterocycles. The molecule has 0 bridgehead atoms. The van der Waals surface area contributed by atoms with E-state index < -0.39 is 6.04 Å². The molecule has 0 saturated carbocycles. The number of carbonyl (C=O) groups excluding carboxylic acids is 4. The van der Waals surface area contributed by atoms with Gasteiger partial charge in [-0.15, -0.1) is 0 Å². The molecule has 2 aliphatic rings. The molecule has 0 spiro atoms.